The Bertz CT molecular complexity index is 312. The first-order valence-corrected chi connectivity index (χ1v) is 4.44. The minimum absolute atomic E-state index is 0.144. The molecular formula is C12H14O2. The Kier molecular flexibility index (Phi) is 3.63. The van der Waals surface area contributed by atoms with Crippen molar-refractivity contribution in [2.24, 2.45) is 0 Å². The van der Waals surface area contributed by atoms with Crippen LogP contribution in [0.25, 0.3) is 6.08 Å². The Morgan fingerprint density at radius 3 is 2.43 bits per heavy atom. The van der Waals surface area contributed by atoms with Gasteiger partial charge in [-0.05, 0) is 11.6 Å². The second kappa shape index (κ2) is 4.74. The van der Waals surface area contributed by atoms with E-state index in [2.05, 4.69) is 6.58 Å². The molecule has 0 heterocycles. The Morgan fingerprint density at radius 2 is 1.86 bits per heavy atom. The lowest BCUT2D eigenvalue weighted by molar-refractivity contribution is -0.113. The van der Waals surface area contributed by atoms with Crippen LogP contribution in [0.5, 0.6) is 0 Å². The van der Waals surface area contributed by atoms with Gasteiger partial charge in [-0.1, -0.05) is 49.1 Å². The summed E-state index contributed by atoms with van der Waals surface area (Å²) in [5.41, 5.74) is 1.03. The third kappa shape index (κ3) is 3.56. The summed E-state index contributed by atoms with van der Waals surface area (Å²) in [5, 5.41) is 18.4. The maximum absolute atomic E-state index is 9.19. The van der Waals surface area contributed by atoms with E-state index >= 15 is 0 Å². The Labute approximate surface area is 83.8 Å². The van der Waals surface area contributed by atoms with E-state index < -0.39 is 5.79 Å². The van der Waals surface area contributed by atoms with Crippen molar-refractivity contribution in [3.63, 3.8) is 0 Å². The lowest BCUT2D eigenvalue weighted by Crippen LogP contribution is -2.22. The van der Waals surface area contributed by atoms with Crippen molar-refractivity contribution >= 4 is 6.08 Å². The van der Waals surface area contributed by atoms with Crippen molar-refractivity contribution in [3.05, 3.63) is 54.6 Å². The summed E-state index contributed by atoms with van der Waals surface area (Å²) in [6.45, 7) is 3.32. The number of hydrogen-bond acceptors (Lipinski definition) is 2. The molecular weight excluding hydrogens is 176 g/mol. The first-order valence-electron chi connectivity index (χ1n) is 4.44. The maximum Gasteiger partial charge on any atom is 0.185 e. The Hall–Kier alpha value is -1.38. The lowest BCUT2D eigenvalue weighted by atomic mass is 10.1. The molecule has 0 fully saturated rings. The second-order valence-electron chi connectivity index (χ2n) is 3.10. The second-order valence-corrected chi connectivity index (χ2v) is 3.10. The topological polar surface area (TPSA) is 40.5 Å². The van der Waals surface area contributed by atoms with Crippen molar-refractivity contribution in [2.75, 3.05) is 0 Å². The number of aliphatic hydroxyl groups is 2. The molecule has 0 saturated heterocycles. The van der Waals surface area contributed by atoms with Crippen molar-refractivity contribution in [1.82, 2.24) is 0 Å². The molecule has 0 radical (unpaired) electrons. The predicted molar refractivity (Wildman–Crippen MR) is 57.5 cm³/mol. The van der Waals surface area contributed by atoms with E-state index in [0.29, 0.717) is 0 Å². The van der Waals surface area contributed by atoms with E-state index in [1.165, 1.54) is 0 Å². The zero-order valence-electron chi connectivity index (χ0n) is 7.93. The van der Waals surface area contributed by atoms with Crippen LogP contribution in [0.2, 0.25) is 0 Å². The van der Waals surface area contributed by atoms with Crippen LogP contribution in [-0.4, -0.2) is 16.0 Å². The quantitative estimate of drug-likeness (QED) is 0.563. The standard InChI is InChI=1S/C12H14O2/c1-2-12(13,14)10-6-9-11-7-4-3-5-8-11/h2-9,13-14H,1,10H2/b9-6+. The molecule has 0 unspecified atom stereocenters. The molecule has 0 aliphatic carbocycles. The predicted octanol–water partition coefficient (Wildman–Crippen LogP) is 1.96. The van der Waals surface area contributed by atoms with Crippen LogP contribution in [0, 0.1) is 0 Å². The highest BCUT2D eigenvalue weighted by atomic mass is 16.5. The highest BCUT2D eigenvalue weighted by Gasteiger charge is 2.14. The van der Waals surface area contributed by atoms with E-state index in [-0.39, 0.29) is 6.42 Å². The van der Waals surface area contributed by atoms with Gasteiger partial charge in [-0.25, -0.2) is 0 Å². The third-order valence-electron chi connectivity index (χ3n) is 1.86. The van der Waals surface area contributed by atoms with E-state index in [4.69, 9.17) is 0 Å². The van der Waals surface area contributed by atoms with Crippen LogP contribution in [0.15, 0.2) is 49.1 Å². The van der Waals surface area contributed by atoms with Crippen LogP contribution in [-0.2, 0) is 0 Å². The molecule has 1 aromatic carbocycles. The lowest BCUT2D eigenvalue weighted by Gasteiger charge is -2.13. The van der Waals surface area contributed by atoms with E-state index in [1.807, 2.05) is 36.4 Å². The van der Waals surface area contributed by atoms with Gasteiger partial charge in [0.05, 0.1) is 0 Å². The average molecular weight is 190 g/mol. The first-order chi connectivity index (χ1) is 6.64. The monoisotopic (exact) mass is 190 g/mol. The number of hydrogen-bond donors (Lipinski definition) is 2. The molecule has 0 atom stereocenters. The molecule has 2 heteroatoms. The smallest absolute Gasteiger partial charge is 0.185 e. The Balaban J connectivity index is 2.54. The number of benzene rings is 1. The van der Waals surface area contributed by atoms with Crippen LogP contribution >= 0.6 is 0 Å². The Morgan fingerprint density at radius 1 is 1.21 bits per heavy atom. The zero-order valence-corrected chi connectivity index (χ0v) is 7.93. The zero-order chi connectivity index (χ0) is 10.4. The van der Waals surface area contributed by atoms with Gasteiger partial charge in [-0.2, -0.15) is 0 Å². The van der Waals surface area contributed by atoms with Crippen molar-refractivity contribution in [2.45, 2.75) is 12.2 Å². The molecule has 1 rings (SSSR count). The summed E-state index contributed by atoms with van der Waals surface area (Å²) in [6, 6.07) is 9.68. The van der Waals surface area contributed by atoms with Gasteiger partial charge in [0.2, 0.25) is 0 Å². The maximum atomic E-state index is 9.19. The summed E-state index contributed by atoms with van der Waals surface area (Å²) in [7, 11) is 0. The molecule has 14 heavy (non-hydrogen) atoms. The summed E-state index contributed by atoms with van der Waals surface area (Å²) >= 11 is 0. The minimum atomic E-state index is -1.80. The van der Waals surface area contributed by atoms with Gasteiger partial charge in [0.25, 0.3) is 0 Å². The van der Waals surface area contributed by atoms with Gasteiger partial charge in [0, 0.05) is 6.42 Å². The SMILES string of the molecule is C=CC(O)(O)C/C=C/c1ccccc1. The summed E-state index contributed by atoms with van der Waals surface area (Å²) in [4.78, 5) is 0. The molecule has 0 aliphatic rings. The van der Waals surface area contributed by atoms with Crippen LogP contribution in [0.4, 0.5) is 0 Å². The summed E-state index contributed by atoms with van der Waals surface area (Å²) in [5.74, 6) is -1.80. The largest absolute Gasteiger partial charge is 0.362 e. The average Bonchev–Trinajstić information content (AvgIpc) is 2.19. The molecule has 0 spiro atoms. The van der Waals surface area contributed by atoms with Crippen LogP contribution in [0.3, 0.4) is 0 Å². The van der Waals surface area contributed by atoms with Crippen molar-refractivity contribution < 1.29 is 10.2 Å². The highest BCUT2D eigenvalue weighted by Crippen LogP contribution is 2.09. The van der Waals surface area contributed by atoms with E-state index in [0.717, 1.165) is 11.6 Å². The van der Waals surface area contributed by atoms with Crippen LogP contribution < -0.4 is 0 Å². The summed E-state index contributed by atoms with van der Waals surface area (Å²) < 4.78 is 0. The molecule has 0 saturated carbocycles. The first kappa shape index (κ1) is 10.7. The van der Waals surface area contributed by atoms with Crippen LogP contribution in [0.1, 0.15) is 12.0 Å². The molecule has 0 amide bonds. The van der Waals surface area contributed by atoms with Crippen molar-refractivity contribution in [1.29, 1.82) is 0 Å². The van der Waals surface area contributed by atoms with E-state index in [9.17, 15) is 10.2 Å². The van der Waals surface area contributed by atoms with E-state index in [1.54, 1.807) is 6.08 Å². The normalized spacial score (nSPS) is 11.9. The molecule has 2 nitrogen and oxygen atoms in total. The van der Waals surface area contributed by atoms with Gasteiger partial charge in [-0.3, -0.25) is 0 Å². The van der Waals surface area contributed by atoms with Gasteiger partial charge >= 0.3 is 0 Å². The fraction of sp³-hybridized carbons (Fsp3) is 0.167. The molecule has 74 valence electrons. The van der Waals surface area contributed by atoms with Gasteiger partial charge in [0.15, 0.2) is 5.79 Å². The van der Waals surface area contributed by atoms with Gasteiger partial charge < -0.3 is 10.2 Å². The van der Waals surface area contributed by atoms with Crippen molar-refractivity contribution in [3.8, 4) is 0 Å². The highest BCUT2D eigenvalue weighted by molar-refractivity contribution is 5.48. The fourth-order valence-corrected chi connectivity index (χ4v) is 1.02. The van der Waals surface area contributed by atoms with Gasteiger partial charge in [0.1, 0.15) is 0 Å². The number of rotatable bonds is 4. The fourth-order valence-electron chi connectivity index (χ4n) is 1.02. The molecule has 0 aromatic heterocycles. The molecule has 0 bridgehead atoms. The molecule has 2 N–H and O–H groups in total. The van der Waals surface area contributed by atoms with Gasteiger partial charge in [-0.15, -0.1) is 0 Å². The minimum Gasteiger partial charge on any atom is -0.362 e. The molecule has 1 aromatic rings. The third-order valence-corrected chi connectivity index (χ3v) is 1.86. The summed E-state index contributed by atoms with van der Waals surface area (Å²) in [6.07, 6.45) is 4.80. The molecule has 0 aliphatic heterocycles.